The van der Waals surface area contributed by atoms with E-state index in [1.807, 2.05) is 48.5 Å². The van der Waals surface area contributed by atoms with E-state index in [0.29, 0.717) is 0 Å². The molecule has 2 aromatic carbocycles. The maximum absolute atomic E-state index is 12.3. The third-order valence-corrected chi connectivity index (χ3v) is 3.90. The third kappa shape index (κ3) is 6.82. The molecule has 29 heavy (non-hydrogen) atoms. The molecule has 0 heterocycles. The smallest absolute Gasteiger partial charge is 0.262 e. The van der Waals surface area contributed by atoms with Crippen LogP contribution in [0.25, 0.3) is 12.2 Å². The standard InChI is InChI=1S/C23H20N4O2/c1-17(27-23(29)21(15-25)13-19-10-6-3-7-11-19)16-26-22(28)20(14-24)12-18-8-4-2-5-9-18/h2-13,17H,16H2,1H3,(H,26,28)(H,27,29). The number of nitrogens with one attached hydrogen (secondary N) is 2. The summed E-state index contributed by atoms with van der Waals surface area (Å²) in [6.07, 6.45) is 2.99. The predicted molar refractivity (Wildman–Crippen MR) is 111 cm³/mol. The lowest BCUT2D eigenvalue weighted by Gasteiger charge is -2.14. The van der Waals surface area contributed by atoms with E-state index in [4.69, 9.17) is 0 Å². The minimum absolute atomic E-state index is 0.0311. The molecule has 1 atom stereocenters. The molecule has 0 bridgehead atoms. The van der Waals surface area contributed by atoms with Crippen LogP contribution in [0.5, 0.6) is 0 Å². The fourth-order valence-corrected chi connectivity index (χ4v) is 2.42. The molecule has 6 heteroatoms. The first-order valence-corrected chi connectivity index (χ1v) is 8.96. The third-order valence-electron chi connectivity index (χ3n) is 3.90. The molecule has 0 radical (unpaired) electrons. The molecule has 2 rings (SSSR count). The first-order valence-electron chi connectivity index (χ1n) is 8.96. The number of benzene rings is 2. The number of rotatable bonds is 7. The van der Waals surface area contributed by atoms with Gasteiger partial charge >= 0.3 is 0 Å². The van der Waals surface area contributed by atoms with E-state index in [1.165, 1.54) is 12.2 Å². The van der Waals surface area contributed by atoms with E-state index in [0.717, 1.165) is 11.1 Å². The molecule has 2 amide bonds. The first-order chi connectivity index (χ1) is 14.0. The highest BCUT2D eigenvalue weighted by Crippen LogP contribution is 2.07. The van der Waals surface area contributed by atoms with E-state index in [-0.39, 0.29) is 17.7 Å². The highest BCUT2D eigenvalue weighted by molar-refractivity contribution is 6.02. The van der Waals surface area contributed by atoms with Crippen molar-refractivity contribution in [3.05, 3.63) is 82.9 Å². The quantitative estimate of drug-likeness (QED) is 0.565. The van der Waals surface area contributed by atoms with Crippen LogP contribution in [0.2, 0.25) is 0 Å². The molecule has 1 unspecified atom stereocenters. The van der Waals surface area contributed by atoms with Gasteiger partial charge in [-0.1, -0.05) is 60.7 Å². The number of hydrogen-bond donors (Lipinski definition) is 2. The van der Waals surface area contributed by atoms with Gasteiger partial charge in [0.2, 0.25) is 0 Å². The van der Waals surface area contributed by atoms with Crippen LogP contribution in [0, 0.1) is 22.7 Å². The van der Waals surface area contributed by atoms with Crippen LogP contribution in [0.15, 0.2) is 71.8 Å². The van der Waals surface area contributed by atoms with E-state index in [9.17, 15) is 20.1 Å². The average molecular weight is 384 g/mol. The second-order valence-electron chi connectivity index (χ2n) is 6.25. The average Bonchev–Trinajstić information content (AvgIpc) is 2.75. The topological polar surface area (TPSA) is 106 Å². The van der Waals surface area contributed by atoms with Gasteiger partial charge < -0.3 is 10.6 Å². The Hall–Kier alpha value is -4.16. The Morgan fingerprint density at radius 2 is 1.31 bits per heavy atom. The molecule has 6 nitrogen and oxygen atoms in total. The molecule has 0 saturated heterocycles. The molecular weight excluding hydrogens is 364 g/mol. The molecule has 0 aliphatic rings. The lowest BCUT2D eigenvalue weighted by atomic mass is 10.1. The number of nitrogens with zero attached hydrogens (tertiary/aromatic N) is 2. The van der Waals surface area contributed by atoms with Gasteiger partial charge in [-0.15, -0.1) is 0 Å². The van der Waals surface area contributed by atoms with Crippen molar-refractivity contribution in [3.8, 4) is 12.1 Å². The van der Waals surface area contributed by atoms with Crippen molar-refractivity contribution in [2.45, 2.75) is 13.0 Å². The predicted octanol–water partition coefficient (Wildman–Crippen LogP) is 2.82. The zero-order valence-electron chi connectivity index (χ0n) is 15.9. The highest BCUT2D eigenvalue weighted by Gasteiger charge is 2.15. The lowest BCUT2D eigenvalue weighted by molar-refractivity contribution is -0.119. The van der Waals surface area contributed by atoms with Gasteiger partial charge in [-0.05, 0) is 30.2 Å². The monoisotopic (exact) mass is 384 g/mol. The minimum Gasteiger partial charge on any atom is -0.349 e. The van der Waals surface area contributed by atoms with Crippen LogP contribution in [0.3, 0.4) is 0 Å². The van der Waals surface area contributed by atoms with Gasteiger partial charge in [0, 0.05) is 12.6 Å². The van der Waals surface area contributed by atoms with Crippen molar-refractivity contribution in [2.24, 2.45) is 0 Å². The summed E-state index contributed by atoms with van der Waals surface area (Å²) < 4.78 is 0. The largest absolute Gasteiger partial charge is 0.349 e. The highest BCUT2D eigenvalue weighted by atomic mass is 16.2. The molecule has 0 aliphatic heterocycles. The van der Waals surface area contributed by atoms with Crippen LogP contribution in [0.1, 0.15) is 18.1 Å². The van der Waals surface area contributed by atoms with Gasteiger partial charge in [0.1, 0.15) is 23.3 Å². The van der Waals surface area contributed by atoms with Crippen molar-refractivity contribution in [3.63, 3.8) is 0 Å². The summed E-state index contributed by atoms with van der Waals surface area (Å²) >= 11 is 0. The normalized spacial score (nSPS) is 12.2. The molecule has 0 aromatic heterocycles. The van der Waals surface area contributed by atoms with E-state index in [2.05, 4.69) is 10.6 Å². The van der Waals surface area contributed by atoms with Crippen molar-refractivity contribution >= 4 is 24.0 Å². The maximum Gasteiger partial charge on any atom is 0.262 e. The van der Waals surface area contributed by atoms with Crippen molar-refractivity contribution in [2.75, 3.05) is 6.54 Å². The Labute approximate surface area is 169 Å². The van der Waals surface area contributed by atoms with Crippen LogP contribution >= 0.6 is 0 Å². The SMILES string of the molecule is CC(CNC(=O)C(C#N)=Cc1ccccc1)NC(=O)C(C#N)=Cc1ccccc1. The summed E-state index contributed by atoms with van der Waals surface area (Å²) in [7, 11) is 0. The van der Waals surface area contributed by atoms with Crippen LogP contribution < -0.4 is 10.6 Å². The van der Waals surface area contributed by atoms with Gasteiger partial charge in [-0.25, -0.2) is 0 Å². The number of amides is 2. The van der Waals surface area contributed by atoms with E-state index >= 15 is 0 Å². The summed E-state index contributed by atoms with van der Waals surface area (Å²) in [6.45, 7) is 1.81. The van der Waals surface area contributed by atoms with Gasteiger partial charge in [0.15, 0.2) is 0 Å². The fraction of sp³-hybridized carbons (Fsp3) is 0.130. The summed E-state index contributed by atoms with van der Waals surface area (Å²) in [5, 5.41) is 23.7. The fourth-order valence-electron chi connectivity index (χ4n) is 2.42. The van der Waals surface area contributed by atoms with Gasteiger partial charge in [-0.2, -0.15) is 10.5 Å². The zero-order valence-corrected chi connectivity index (χ0v) is 15.9. The molecule has 144 valence electrons. The molecule has 0 saturated carbocycles. The van der Waals surface area contributed by atoms with Crippen molar-refractivity contribution in [1.82, 2.24) is 10.6 Å². The molecule has 0 fully saturated rings. The van der Waals surface area contributed by atoms with Gasteiger partial charge in [0.05, 0.1) is 0 Å². The number of nitriles is 2. The number of carbonyl (C=O) groups is 2. The molecule has 0 aliphatic carbocycles. The van der Waals surface area contributed by atoms with Gasteiger partial charge in [0.25, 0.3) is 11.8 Å². The van der Waals surface area contributed by atoms with Crippen molar-refractivity contribution < 1.29 is 9.59 Å². The minimum atomic E-state index is -0.530. The Morgan fingerprint density at radius 1 is 0.862 bits per heavy atom. The summed E-state index contributed by atoms with van der Waals surface area (Å²) in [4.78, 5) is 24.5. The lowest BCUT2D eigenvalue weighted by Crippen LogP contribution is -2.42. The molecular formula is C23H20N4O2. The van der Waals surface area contributed by atoms with E-state index < -0.39 is 17.9 Å². The zero-order chi connectivity index (χ0) is 21.1. The Morgan fingerprint density at radius 3 is 1.76 bits per heavy atom. The summed E-state index contributed by atoms with van der Waals surface area (Å²) in [6, 6.07) is 21.4. The molecule has 0 spiro atoms. The molecule has 2 aromatic rings. The summed E-state index contributed by atoms with van der Waals surface area (Å²) in [5.74, 6) is -1.06. The second kappa shape index (κ2) is 10.9. The molecule has 2 N–H and O–H groups in total. The summed E-state index contributed by atoms with van der Waals surface area (Å²) in [5.41, 5.74) is 1.42. The van der Waals surface area contributed by atoms with E-state index in [1.54, 1.807) is 31.2 Å². The van der Waals surface area contributed by atoms with Crippen LogP contribution in [0.4, 0.5) is 0 Å². The Balaban J connectivity index is 1.94. The Kier molecular flexibility index (Phi) is 7.92. The maximum atomic E-state index is 12.3. The van der Waals surface area contributed by atoms with Crippen LogP contribution in [-0.4, -0.2) is 24.4 Å². The van der Waals surface area contributed by atoms with Crippen molar-refractivity contribution in [1.29, 1.82) is 10.5 Å². The first kappa shape index (κ1) is 21.1. The van der Waals surface area contributed by atoms with Crippen LogP contribution in [-0.2, 0) is 9.59 Å². The Bertz CT molecular complexity index is 997. The number of hydrogen-bond acceptors (Lipinski definition) is 4. The second-order valence-corrected chi connectivity index (χ2v) is 6.25. The number of carbonyl (C=O) groups excluding carboxylic acids is 2. The van der Waals surface area contributed by atoms with Gasteiger partial charge in [-0.3, -0.25) is 9.59 Å².